The molecule has 1 aromatic heterocycles. The van der Waals surface area contributed by atoms with Gasteiger partial charge in [0.15, 0.2) is 5.13 Å². The van der Waals surface area contributed by atoms with Crippen LogP contribution in [-0.4, -0.2) is 48.6 Å². The number of hydrogen-bond acceptors (Lipinski definition) is 4. The normalized spacial score (nSPS) is 26.0. The summed E-state index contributed by atoms with van der Waals surface area (Å²) in [5.41, 5.74) is 1.10. The second-order valence-electron chi connectivity index (χ2n) is 7.17. The third kappa shape index (κ3) is 3.43. The van der Waals surface area contributed by atoms with Gasteiger partial charge in [-0.3, -0.25) is 0 Å². The number of hydrogen-bond donors (Lipinski definition) is 1. The lowest BCUT2D eigenvalue weighted by Gasteiger charge is -2.17. The van der Waals surface area contributed by atoms with Crippen LogP contribution in [-0.2, 0) is 6.42 Å². The Bertz CT molecular complexity index is 592. The zero-order valence-corrected chi connectivity index (χ0v) is 14.9. The summed E-state index contributed by atoms with van der Waals surface area (Å²) in [5.74, 6) is 1.34. The maximum Gasteiger partial charge on any atom is 0.317 e. The van der Waals surface area contributed by atoms with Crippen molar-refractivity contribution in [2.45, 2.75) is 32.1 Å². The maximum atomic E-state index is 12.4. The molecule has 2 fully saturated rings. The number of carbonyl (C=O) groups excluding carboxylic acids is 1. The first kappa shape index (κ1) is 15.9. The van der Waals surface area contributed by atoms with E-state index in [1.165, 1.54) is 12.8 Å². The van der Waals surface area contributed by atoms with E-state index in [-0.39, 0.29) is 6.03 Å². The molecule has 3 heterocycles. The van der Waals surface area contributed by atoms with Gasteiger partial charge in [0.1, 0.15) is 0 Å². The number of nitrogens with one attached hydrogen (secondary N) is 1. The Hall–Kier alpha value is -1.56. The highest BCUT2D eigenvalue weighted by molar-refractivity contribution is 7.13. The van der Waals surface area contributed by atoms with Gasteiger partial charge in [-0.2, -0.15) is 0 Å². The molecular weight excluding hydrogens is 320 g/mol. The number of urea groups is 1. The third-order valence-electron chi connectivity index (χ3n) is 5.48. The number of carbonyl (C=O) groups is 1. The third-order valence-corrected chi connectivity index (χ3v) is 6.43. The fourth-order valence-corrected chi connectivity index (χ4v) is 4.97. The van der Waals surface area contributed by atoms with Crippen molar-refractivity contribution < 1.29 is 4.79 Å². The minimum Gasteiger partial charge on any atom is -0.348 e. The molecule has 2 atom stereocenters. The van der Waals surface area contributed by atoms with Crippen molar-refractivity contribution in [2.75, 3.05) is 37.6 Å². The molecule has 3 aliphatic rings. The Morgan fingerprint density at radius 1 is 1.21 bits per heavy atom. The van der Waals surface area contributed by atoms with E-state index in [9.17, 15) is 4.79 Å². The van der Waals surface area contributed by atoms with Gasteiger partial charge in [-0.25, -0.2) is 9.78 Å². The monoisotopic (exact) mass is 346 g/mol. The van der Waals surface area contributed by atoms with Gasteiger partial charge >= 0.3 is 6.03 Å². The Morgan fingerprint density at radius 2 is 1.92 bits per heavy atom. The Labute approximate surface area is 147 Å². The molecule has 6 heteroatoms. The van der Waals surface area contributed by atoms with Crippen molar-refractivity contribution in [1.82, 2.24) is 15.2 Å². The predicted molar refractivity (Wildman–Crippen MR) is 97.6 cm³/mol. The van der Waals surface area contributed by atoms with Crippen LogP contribution in [0.15, 0.2) is 17.5 Å². The predicted octanol–water partition coefficient (Wildman–Crippen LogP) is 2.89. The van der Waals surface area contributed by atoms with E-state index in [2.05, 4.69) is 27.7 Å². The van der Waals surface area contributed by atoms with Crippen LogP contribution in [0.2, 0.25) is 0 Å². The maximum absolute atomic E-state index is 12.4. The van der Waals surface area contributed by atoms with Crippen molar-refractivity contribution >= 4 is 22.5 Å². The summed E-state index contributed by atoms with van der Waals surface area (Å²) < 4.78 is 0. The number of allylic oxidation sites excluding steroid dienone is 2. The average Bonchev–Trinajstić information content (AvgIpc) is 3.33. The molecule has 2 aliphatic heterocycles. The zero-order chi connectivity index (χ0) is 16.4. The summed E-state index contributed by atoms with van der Waals surface area (Å²) in [4.78, 5) is 21.4. The molecule has 5 nitrogen and oxygen atoms in total. The summed E-state index contributed by atoms with van der Waals surface area (Å²) in [6.45, 7) is 4.77. The van der Waals surface area contributed by atoms with Gasteiger partial charge < -0.3 is 15.1 Å². The van der Waals surface area contributed by atoms with Gasteiger partial charge in [-0.15, -0.1) is 11.3 Å². The van der Waals surface area contributed by atoms with Crippen molar-refractivity contribution in [2.24, 2.45) is 11.8 Å². The van der Waals surface area contributed by atoms with Gasteiger partial charge in [-0.1, -0.05) is 12.2 Å². The minimum absolute atomic E-state index is 0.0967. The molecule has 0 saturated carbocycles. The number of aromatic nitrogens is 1. The van der Waals surface area contributed by atoms with Crippen LogP contribution in [0.5, 0.6) is 0 Å². The first-order chi connectivity index (χ1) is 11.8. The van der Waals surface area contributed by atoms with E-state index in [1.54, 1.807) is 11.3 Å². The van der Waals surface area contributed by atoms with Gasteiger partial charge in [-0.05, 0) is 37.5 Å². The van der Waals surface area contributed by atoms with Crippen molar-refractivity contribution in [3.63, 3.8) is 0 Å². The zero-order valence-electron chi connectivity index (χ0n) is 14.1. The smallest absolute Gasteiger partial charge is 0.317 e. The van der Waals surface area contributed by atoms with Crippen molar-refractivity contribution in [3.05, 3.63) is 23.2 Å². The first-order valence-electron chi connectivity index (χ1n) is 9.17. The second kappa shape index (κ2) is 7.13. The number of anilines is 1. The van der Waals surface area contributed by atoms with Crippen molar-refractivity contribution in [1.29, 1.82) is 0 Å². The molecule has 1 aromatic rings. The molecule has 1 N–H and O–H groups in total. The highest BCUT2D eigenvalue weighted by Crippen LogP contribution is 2.32. The molecule has 0 bridgehead atoms. The molecule has 130 valence electrons. The van der Waals surface area contributed by atoms with E-state index in [1.807, 2.05) is 4.90 Å². The molecule has 0 radical (unpaired) electrons. The molecule has 0 spiro atoms. The quantitative estimate of drug-likeness (QED) is 0.853. The van der Waals surface area contributed by atoms with Crippen LogP contribution in [0, 0.1) is 11.8 Å². The molecule has 2 saturated heterocycles. The van der Waals surface area contributed by atoms with E-state index < -0.39 is 0 Å². The van der Waals surface area contributed by atoms with Crippen LogP contribution in [0.3, 0.4) is 0 Å². The molecule has 24 heavy (non-hydrogen) atoms. The number of thiazole rings is 1. The van der Waals surface area contributed by atoms with Crippen LogP contribution in [0.25, 0.3) is 0 Å². The SMILES string of the molecule is O=C(NCCc1csc(N2CCCC2)n1)N1C[C@@H]2CC=CC[C@H]2C1. The number of nitrogens with zero attached hydrogens (tertiary/aromatic N) is 3. The van der Waals surface area contributed by atoms with Crippen LogP contribution in [0.1, 0.15) is 31.4 Å². The fraction of sp³-hybridized carbons (Fsp3) is 0.667. The summed E-state index contributed by atoms with van der Waals surface area (Å²) >= 11 is 1.73. The highest BCUT2D eigenvalue weighted by Gasteiger charge is 2.34. The summed E-state index contributed by atoms with van der Waals surface area (Å²) in [5, 5.41) is 6.36. The molecule has 2 amide bonds. The van der Waals surface area contributed by atoms with Gasteiger partial charge in [0.25, 0.3) is 0 Å². The van der Waals surface area contributed by atoms with Gasteiger partial charge in [0.05, 0.1) is 5.69 Å². The summed E-state index contributed by atoms with van der Waals surface area (Å²) in [6, 6.07) is 0.0967. The van der Waals surface area contributed by atoms with Gasteiger partial charge in [0, 0.05) is 44.5 Å². The number of fused-ring (bicyclic) bond motifs is 1. The Kier molecular flexibility index (Phi) is 4.74. The van der Waals surface area contributed by atoms with E-state index >= 15 is 0 Å². The minimum atomic E-state index is 0.0967. The largest absolute Gasteiger partial charge is 0.348 e. The lowest BCUT2D eigenvalue weighted by Crippen LogP contribution is -2.39. The average molecular weight is 347 g/mol. The van der Waals surface area contributed by atoms with Crippen LogP contribution in [0.4, 0.5) is 9.93 Å². The summed E-state index contributed by atoms with van der Waals surface area (Å²) in [7, 11) is 0. The van der Waals surface area contributed by atoms with Crippen LogP contribution >= 0.6 is 11.3 Å². The van der Waals surface area contributed by atoms with Crippen molar-refractivity contribution in [3.8, 4) is 0 Å². The van der Waals surface area contributed by atoms with E-state index in [0.717, 1.165) is 56.3 Å². The fourth-order valence-electron chi connectivity index (χ4n) is 4.05. The summed E-state index contributed by atoms with van der Waals surface area (Å²) in [6.07, 6.45) is 10.2. The Morgan fingerprint density at radius 3 is 2.62 bits per heavy atom. The topological polar surface area (TPSA) is 48.5 Å². The van der Waals surface area contributed by atoms with E-state index in [0.29, 0.717) is 18.4 Å². The second-order valence-corrected chi connectivity index (χ2v) is 8.00. The highest BCUT2D eigenvalue weighted by atomic mass is 32.1. The number of likely N-dealkylation sites (tertiary alicyclic amines) is 1. The number of amides is 2. The first-order valence-corrected chi connectivity index (χ1v) is 10.0. The van der Waals surface area contributed by atoms with Crippen LogP contribution < -0.4 is 10.2 Å². The van der Waals surface area contributed by atoms with Gasteiger partial charge in [0.2, 0.25) is 0 Å². The molecule has 0 unspecified atom stereocenters. The standard InChI is InChI=1S/C18H26N4OS/c23-17(22-11-14-5-1-2-6-15(14)12-22)19-8-7-16-13-24-18(20-16)21-9-3-4-10-21/h1-2,13-15H,3-12H2,(H,19,23)/t14-,15-/m0/s1. The molecule has 4 rings (SSSR count). The molecular formula is C18H26N4OS. The molecule has 1 aliphatic carbocycles. The number of rotatable bonds is 4. The lowest BCUT2D eigenvalue weighted by molar-refractivity contribution is 0.206. The lowest BCUT2D eigenvalue weighted by atomic mass is 9.86. The molecule has 0 aromatic carbocycles. The Balaban J connectivity index is 1.22. The van der Waals surface area contributed by atoms with E-state index in [4.69, 9.17) is 4.98 Å².